The number of hydrogen-bond acceptors (Lipinski definition) is 5. The van der Waals surface area contributed by atoms with Crippen LogP contribution in [0.15, 0.2) is 0 Å². The standard InChI is InChI=1S/C24H42O5/c1-6-8-17-10-9-16(3)20(12-11-19-13-18(25)14-22(26)29-19)21(17)15-28-23(27)24(4,5)7-2/h16-21,25H,6-15H2,1-5H3/t16-,17+,18-,19-,20-,21-/m0/s1. The SMILES string of the molecule is CCC[C@@H]1CC[C@H](C)[C@H](CC[C@H]2C[C@H](O)CC(=O)O2)[C@H]1COC(=O)C(C)(C)CC. The summed E-state index contributed by atoms with van der Waals surface area (Å²) in [6.07, 6.45) is 7.09. The van der Waals surface area contributed by atoms with Crippen LogP contribution >= 0.6 is 0 Å². The first-order chi connectivity index (χ1) is 13.7. The Hall–Kier alpha value is -1.10. The lowest BCUT2D eigenvalue weighted by Crippen LogP contribution is -2.39. The van der Waals surface area contributed by atoms with Gasteiger partial charge in [-0.25, -0.2) is 0 Å². The molecule has 0 amide bonds. The summed E-state index contributed by atoms with van der Waals surface area (Å²) in [6, 6.07) is 0. The monoisotopic (exact) mass is 410 g/mol. The minimum Gasteiger partial charge on any atom is -0.465 e. The Morgan fingerprint density at radius 2 is 1.90 bits per heavy atom. The van der Waals surface area contributed by atoms with Crippen LogP contribution in [0.4, 0.5) is 0 Å². The number of hydrogen-bond donors (Lipinski definition) is 1. The Morgan fingerprint density at radius 1 is 1.17 bits per heavy atom. The smallest absolute Gasteiger partial charge is 0.311 e. The van der Waals surface area contributed by atoms with Crippen LogP contribution in [0.25, 0.3) is 0 Å². The maximum atomic E-state index is 12.6. The van der Waals surface area contributed by atoms with Crippen molar-refractivity contribution in [2.24, 2.45) is 29.1 Å². The molecule has 0 bridgehead atoms. The summed E-state index contributed by atoms with van der Waals surface area (Å²) in [6.45, 7) is 10.9. The zero-order chi connectivity index (χ0) is 21.6. The molecule has 1 heterocycles. The number of esters is 2. The molecular formula is C24H42O5. The summed E-state index contributed by atoms with van der Waals surface area (Å²) < 4.78 is 11.3. The van der Waals surface area contributed by atoms with Gasteiger partial charge in [-0.2, -0.15) is 0 Å². The van der Waals surface area contributed by atoms with Gasteiger partial charge in [0.15, 0.2) is 0 Å². The van der Waals surface area contributed by atoms with Gasteiger partial charge in [0, 0.05) is 6.42 Å². The van der Waals surface area contributed by atoms with Gasteiger partial charge in [0.2, 0.25) is 0 Å². The molecule has 0 aromatic carbocycles. The Labute approximate surface area is 176 Å². The van der Waals surface area contributed by atoms with Gasteiger partial charge in [-0.1, -0.05) is 40.0 Å². The molecule has 2 aliphatic rings. The lowest BCUT2D eigenvalue weighted by atomic mass is 9.64. The average molecular weight is 411 g/mol. The highest BCUT2D eigenvalue weighted by atomic mass is 16.5. The first-order valence-electron chi connectivity index (χ1n) is 11.7. The Balaban J connectivity index is 2.04. The summed E-state index contributed by atoms with van der Waals surface area (Å²) in [7, 11) is 0. The van der Waals surface area contributed by atoms with Gasteiger partial charge in [-0.3, -0.25) is 9.59 Å². The van der Waals surface area contributed by atoms with Gasteiger partial charge in [-0.15, -0.1) is 0 Å². The molecule has 1 aliphatic carbocycles. The highest BCUT2D eigenvalue weighted by Gasteiger charge is 2.39. The van der Waals surface area contributed by atoms with E-state index in [0.29, 0.717) is 36.7 Å². The van der Waals surface area contributed by atoms with Crippen molar-refractivity contribution in [3.63, 3.8) is 0 Å². The zero-order valence-corrected chi connectivity index (χ0v) is 19.1. The van der Waals surface area contributed by atoms with Crippen molar-refractivity contribution in [1.82, 2.24) is 0 Å². The van der Waals surface area contributed by atoms with Crippen LogP contribution in [0, 0.1) is 29.1 Å². The second kappa shape index (κ2) is 10.8. The highest BCUT2D eigenvalue weighted by Crippen LogP contribution is 2.44. The third kappa shape index (κ3) is 6.70. The van der Waals surface area contributed by atoms with Crippen molar-refractivity contribution in [3.8, 4) is 0 Å². The first kappa shape index (κ1) is 24.2. The normalized spacial score (nSPS) is 33.2. The number of carbonyl (C=O) groups excluding carboxylic acids is 2. The molecule has 2 fully saturated rings. The third-order valence-electron chi connectivity index (χ3n) is 7.44. The molecule has 1 N–H and O–H groups in total. The molecule has 0 aromatic rings. The second-order valence-corrected chi connectivity index (χ2v) is 10.0. The average Bonchev–Trinajstić information content (AvgIpc) is 2.66. The van der Waals surface area contributed by atoms with Gasteiger partial charge in [0.05, 0.1) is 24.5 Å². The van der Waals surface area contributed by atoms with E-state index < -0.39 is 11.5 Å². The number of carbonyl (C=O) groups is 2. The van der Waals surface area contributed by atoms with Crippen molar-refractivity contribution < 1.29 is 24.2 Å². The van der Waals surface area contributed by atoms with Gasteiger partial charge in [-0.05, 0) is 63.2 Å². The van der Waals surface area contributed by atoms with Crippen LogP contribution in [0.1, 0.15) is 92.4 Å². The second-order valence-electron chi connectivity index (χ2n) is 10.0. The Bertz CT molecular complexity index is 543. The van der Waals surface area contributed by atoms with Crippen LogP contribution in [0.2, 0.25) is 0 Å². The van der Waals surface area contributed by atoms with Crippen molar-refractivity contribution in [2.75, 3.05) is 6.61 Å². The molecule has 0 aromatic heterocycles. The minimum atomic E-state index is -0.578. The molecule has 5 heteroatoms. The number of aliphatic hydroxyl groups excluding tert-OH is 1. The van der Waals surface area contributed by atoms with Crippen molar-refractivity contribution in [2.45, 2.75) is 105 Å². The van der Waals surface area contributed by atoms with E-state index in [-0.39, 0.29) is 24.5 Å². The molecule has 1 aliphatic heterocycles. The largest absolute Gasteiger partial charge is 0.465 e. The molecule has 1 saturated carbocycles. The van der Waals surface area contributed by atoms with Gasteiger partial charge < -0.3 is 14.6 Å². The van der Waals surface area contributed by atoms with E-state index >= 15 is 0 Å². The quantitative estimate of drug-likeness (QED) is 0.548. The molecular weight excluding hydrogens is 368 g/mol. The lowest BCUT2D eigenvalue weighted by Gasteiger charge is -2.43. The topological polar surface area (TPSA) is 72.8 Å². The summed E-state index contributed by atoms with van der Waals surface area (Å²) >= 11 is 0. The molecule has 0 unspecified atom stereocenters. The predicted octanol–water partition coefficient (Wildman–Crippen LogP) is 4.89. The van der Waals surface area contributed by atoms with Crippen LogP contribution in [0.3, 0.4) is 0 Å². The number of ether oxygens (including phenoxy) is 2. The Morgan fingerprint density at radius 3 is 2.52 bits per heavy atom. The van der Waals surface area contributed by atoms with E-state index in [4.69, 9.17) is 9.47 Å². The fourth-order valence-electron chi connectivity index (χ4n) is 5.09. The number of cyclic esters (lactones) is 1. The van der Waals surface area contributed by atoms with Crippen LogP contribution in [-0.4, -0.2) is 35.9 Å². The van der Waals surface area contributed by atoms with Crippen molar-refractivity contribution in [3.05, 3.63) is 0 Å². The van der Waals surface area contributed by atoms with E-state index in [1.54, 1.807) is 0 Å². The van der Waals surface area contributed by atoms with E-state index in [0.717, 1.165) is 25.7 Å². The predicted molar refractivity (Wildman–Crippen MR) is 113 cm³/mol. The van der Waals surface area contributed by atoms with Gasteiger partial charge in [0.25, 0.3) is 0 Å². The van der Waals surface area contributed by atoms with Crippen molar-refractivity contribution in [1.29, 1.82) is 0 Å². The molecule has 1 saturated heterocycles. The fraction of sp³-hybridized carbons (Fsp3) is 0.917. The molecule has 29 heavy (non-hydrogen) atoms. The zero-order valence-electron chi connectivity index (χ0n) is 19.1. The number of aliphatic hydroxyl groups is 1. The van der Waals surface area contributed by atoms with E-state index in [1.807, 2.05) is 20.8 Å². The van der Waals surface area contributed by atoms with Gasteiger partial charge >= 0.3 is 11.9 Å². The molecule has 6 atom stereocenters. The Kier molecular flexibility index (Phi) is 8.99. The molecule has 5 nitrogen and oxygen atoms in total. The van der Waals surface area contributed by atoms with Gasteiger partial charge in [0.1, 0.15) is 6.10 Å². The summed E-state index contributed by atoms with van der Waals surface area (Å²) in [4.78, 5) is 24.2. The molecule has 168 valence electrons. The first-order valence-corrected chi connectivity index (χ1v) is 11.7. The third-order valence-corrected chi connectivity index (χ3v) is 7.44. The summed E-state index contributed by atoms with van der Waals surface area (Å²) in [5.74, 6) is 1.57. The maximum absolute atomic E-state index is 12.6. The van der Waals surface area contributed by atoms with Crippen LogP contribution in [0.5, 0.6) is 0 Å². The highest BCUT2D eigenvalue weighted by molar-refractivity contribution is 5.75. The van der Waals surface area contributed by atoms with Crippen molar-refractivity contribution >= 4 is 11.9 Å². The number of rotatable bonds is 9. The van der Waals surface area contributed by atoms with E-state index in [1.165, 1.54) is 19.3 Å². The maximum Gasteiger partial charge on any atom is 0.311 e. The lowest BCUT2D eigenvalue weighted by molar-refractivity contribution is -0.162. The molecule has 0 radical (unpaired) electrons. The fourth-order valence-corrected chi connectivity index (χ4v) is 5.09. The summed E-state index contributed by atoms with van der Waals surface area (Å²) in [5, 5.41) is 9.89. The summed E-state index contributed by atoms with van der Waals surface area (Å²) in [5.41, 5.74) is -0.442. The molecule has 2 rings (SSSR count). The van der Waals surface area contributed by atoms with Crippen LogP contribution in [-0.2, 0) is 19.1 Å². The minimum absolute atomic E-state index is 0.100. The molecule has 0 spiro atoms. The van der Waals surface area contributed by atoms with Crippen LogP contribution < -0.4 is 0 Å². The van der Waals surface area contributed by atoms with E-state index in [2.05, 4.69) is 13.8 Å². The van der Waals surface area contributed by atoms with E-state index in [9.17, 15) is 14.7 Å².